The van der Waals surface area contributed by atoms with Crippen molar-refractivity contribution in [2.45, 2.75) is 19.6 Å². The van der Waals surface area contributed by atoms with Gasteiger partial charge in [0.1, 0.15) is 0 Å². The van der Waals surface area contributed by atoms with Gasteiger partial charge < -0.3 is 0 Å². The molecule has 6 aromatic heterocycles. The highest BCUT2D eigenvalue weighted by molar-refractivity contribution is 8.27. The van der Waals surface area contributed by atoms with Crippen LogP contribution in [0.3, 0.4) is 0 Å². The lowest BCUT2D eigenvalue weighted by Crippen LogP contribution is -1.92. The predicted octanol–water partition coefficient (Wildman–Crippen LogP) is 13.3. The number of thioether (sulfide) groups is 4. The molecule has 0 nitrogen and oxygen atoms in total. The fourth-order valence-electron chi connectivity index (χ4n) is 5.07. The highest BCUT2D eigenvalue weighted by atomic mass is 32.2. The van der Waals surface area contributed by atoms with Crippen LogP contribution in [0.2, 0.25) is 0 Å². The second-order valence-corrected chi connectivity index (χ2v) is 22.3. The molecule has 0 aromatic carbocycles. The van der Waals surface area contributed by atoms with Gasteiger partial charge >= 0.3 is 0 Å². The SMILES string of the molecule is c1csc(-c2c3c(c(-c4cccs4)p2-p2c(-c4cccs4)c4c(c2-c2cccs2)SCCS4)SCCS3)c1. The molecule has 0 amide bonds. The van der Waals surface area contributed by atoms with Crippen molar-refractivity contribution in [2.75, 3.05) is 23.0 Å². The zero-order valence-electron chi connectivity index (χ0n) is 19.9. The van der Waals surface area contributed by atoms with Crippen LogP contribution in [0.1, 0.15) is 0 Å². The van der Waals surface area contributed by atoms with E-state index in [0.29, 0.717) is 0 Å². The molecule has 0 radical (unpaired) electrons. The van der Waals surface area contributed by atoms with Crippen LogP contribution in [0.25, 0.3) is 40.7 Å². The van der Waals surface area contributed by atoms with Crippen LogP contribution in [0.4, 0.5) is 0 Å². The van der Waals surface area contributed by atoms with Crippen molar-refractivity contribution in [3.05, 3.63) is 70.1 Å². The van der Waals surface area contributed by atoms with E-state index in [0.717, 1.165) is 0 Å². The molecule has 10 heteroatoms. The quantitative estimate of drug-likeness (QED) is 0.178. The maximum absolute atomic E-state index is 2.40. The molecule has 8 heterocycles. The minimum Gasteiger partial charge on any atom is -0.143 e. The van der Waals surface area contributed by atoms with E-state index in [9.17, 15) is 0 Å². The average molecular weight is 675 g/mol. The number of thiophene rings is 4. The molecule has 0 unspecified atom stereocenters. The Bertz CT molecular complexity index is 1450. The van der Waals surface area contributed by atoms with Gasteiger partial charge in [-0.15, -0.1) is 92.4 Å². The smallest absolute Gasteiger partial charge is 0.0400 e. The Balaban J connectivity index is 1.58. The average Bonchev–Trinajstić information content (AvgIpc) is 3.78. The first-order valence-corrected chi connectivity index (χ1v) is 23.0. The number of rotatable bonds is 5. The van der Waals surface area contributed by atoms with Gasteiger partial charge in [-0.05, 0) is 45.8 Å². The summed E-state index contributed by atoms with van der Waals surface area (Å²) in [5, 5.41) is 15.8. The molecule has 0 saturated carbocycles. The van der Waals surface area contributed by atoms with E-state index < -0.39 is 14.4 Å². The van der Waals surface area contributed by atoms with Gasteiger partial charge in [0, 0.05) is 83.3 Å². The van der Waals surface area contributed by atoms with Crippen LogP contribution in [0.5, 0.6) is 0 Å². The molecule has 0 fully saturated rings. The molecule has 2 aliphatic rings. The van der Waals surface area contributed by atoms with Gasteiger partial charge in [-0.3, -0.25) is 0 Å². The summed E-state index contributed by atoms with van der Waals surface area (Å²) in [4.78, 5) is 12.4. The number of fused-ring (bicyclic) bond motifs is 2. The second-order valence-electron chi connectivity index (χ2n) is 8.64. The summed E-state index contributed by atoms with van der Waals surface area (Å²) in [5.41, 5.74) is 0. The predicted molar refractivity (Wildman–Crippen MR) is 185 cm³/mol. The summed E-state index contributed by atoms with van der Waals surface area (Å²) >= 11 is 16.3. The normalized spacial score (nSPS) is 15.1. The lowest BCUT2D eigenvalue weighted by atomic mass is 10.3. The third-order valence-electron chi connectivity index (χ3n) is 6.49. The Morgan fingerprint density at radius 3 is 0.868 bits per heavy atom. The Morgan fingerprint density at radius 2 is 0.658 bits per heavy atom. The third-order valence-corrected chi connectivity index (χ3v) is 24.0. The monoisotopic (exact) mass is 674 g/mol. The highest BCUT2D eigenvalue weighted by Gasteiger charge is 2.36. The van der Waals surface area contributed by atoms with Crippen molar-refractivity contribution in [1.82, 2.24) is 0 Å². The van der Waals surface area contributed by atoms with Gasteiger partial charge in [-0.25, -0.2) is 0 Å². The molecule has 0 N–H and O–H groups in total. The Morgan fingerprint density at radius 1 is 0.395 bits per heavy atom. The lowest BCUT2D eigenvalue weighted by Gasteiger charge is -2.15. The molecule has 0 aliphatic carbocycles. The molecule has 0 atom stereocenters. The lowest BCUT2D eigenvalue weighted by molar-refractivity contribution is 1.30. The molecular weight excluding hydrogens is 655 g/mol. The van der Waals surface area contributed by atoms with Crippen molar-refractivity contribution in [1.29, 1.82) is 0 Å². The molecule has 8 rings (SSSR count). The van der Waals surface area contributed by atoms with Gasteiger partial charge in [-0.1, -0.05) is 38.7 Å². The molecule has 6 aromatic rings. The second kappa shape index (κ2) is 10.9. The molecular formula is C28H20P2S8. The first kappa shape index (κ1) is 25.5. The van der Waals surface area contributed by atoms with Crippen LogP contribution in [-0.4, -0.2) is 23.0 Å². The molecule has 38 heavy (non-hydrogen) atoms. The summed E-state index contributed by atoms with van der Waals surface area (Å²) in [5.74, 6) is 4.84. The van der Waals surface area contributed by atoms with E-state index in [2.05, 4.69) is 117 Å². The van der Waals surface area contributed by atoms with Crippen LogP contribution >= 0.6 is 107 Å². The van der Waals surface area contributed by atoms with E-state index in [4.69, 9.17) is 0 Å². The van der Waals surface area contributed by atoms with E-state index in [1.165, 1.54) is 42.5 Å². The van der Waals surface area contributed by atoms with E-state index >= 15 is 0 Å². The van der Waals surface area contributed by atoms with Gasteiger partial charge in [0.2, 0.25) is 0 Å². The molecule has 0 bridgehead atoms. The van der Waals surface area contributed by atoms with Crippen LogP contribution < -0.4 is 0 Å². The van der Waals surface area contributed by atoms with Gasteiger partial charge in [-0.2, -0.15) is 0 Å². The fourth-order valence-corrected chi connectivity index (χ4v) is 26.8. The van der Waals surface area contributed by atoms with Crippen molar-refractivity contribution in [2.24, 2.45) is 0 Å². The van der Waals surface area contributed by atoms with Crippen LogP contribution in [-0.2, 0) is 0 Å². The summed E-state index contributed by atoms with van der Waals surface area (Å²) < 4.78 is 0. The Kier molecular flexibility index (Phi) is 7.29. The fraction of sp³-hybridized carbons (Fsp3) is 0.143. The molecule has 0 saturated heterocycles. The minimum atomic E-state index is -0.575. The maximum atomic E-state index is 2.40. The summed E-state index contributed by atoms with van der Waals surface area (Å²) in [6, 6.07) is 18.6. The Labute approximate surface area is 257 Å². The first-order valence-electron chi connectivity index (χ1n) is 12.1. The standard InChI is InChI=1S/C28H20P2S8/c1-5-17(31-9-1)21-25-26(36-14-13-35-25)22(18-6-2-10-32-18)29(21)30-23(19-7-3-11-33-19)27-28(38-16-15-37-27)24(30)20-8-4-12-34-20/h1-12H,13-16H2. The van der Waals surface area contributed by atoms with E-state index in [-0.39, 0.29) is 0 Å². The van der Waals surface area contributed by atoms with Gasteiger partial charge in [0.05, 0.1) is 0 Å². The highest BCUT2D eigenvalue weighted by Crippen LogP contribution is 2.81. The van der Waals surface area contributed by atoms with Crippen molar-refractivity contribution in [3.63, 3.8) is 0 Å². The zero-order valence-corrected chi connectivity index (χ0v) is 28.2. The Hall–Kier alpha value is -0.240. The zero-order chi connectivity index (χ0) is 25.1. The summed E-state index contributed by atoms with van der Waals surface area (Å²) in [6.45, 7) is 0. The number of hydrogen-bond donors (Lipinski definition) is 0. The molecule has 2 aliphatic heterocycles. The summed E-state index contributed by atoms with van der Waals surface area (Å²) in [7, 11) is -1.15. The van der Waals surface area contributed by atoms with Crippen molar-refractivity contribution in [3.8, 4) is 40.7 Å². The van der Waals surface area contributed by atoms with Gasteiger partial charge in [0.15, 0.2) is 0 Å². The topological polar surface area (TPSA) is 0 Å². The van der Waals surface area contributed by atoms with Crippen molar-refractivity contribution < 1.29 is 0 Å². The van der Waals surface area contributed by atoms with Gasteiger partial charge in [0.25, 0.3) is 0 Å². The third kappa shape index (κ3) is 4.17. The van der Waals surface area contributed by atoms with Crippen LogP contribution in [0.15, 0.2) is 89.6 Å². The first-order chi connectivity index (χ1) is 18.9. The van der Waals surface area contributed by atoms with E-state index in [1.807, 2.05) is 45.3 Å². The minimum absolute atomic E-state index is 0.575. The maximum Gasteiger partial charge on any atom is 0.0400 e. The largest absolute Gasteiger partial charge is 0.143 e. The number of hydrogen-bond acceptors (Lipinski definition) is 8. The van der Waals surface area contributed by atoms with Crippen molar-refractivity contribution >= 4 is 107 Å². The molecule has 0 spiro atoms. The molecule has 190 valence electrons. The van der Waals surface area contributed by atoms with Crippen LogP contribution in [0, 0.1) is 0 Å². The summed E-state index contributed by atoms with van der Waals surface area (Å²) in [6.07, 6.45) is 0. The van der Waals surface area contributed by atoms with E-state index in [1.54, 1.807) is 40.8 Å².